The van der Waals surface area contributed by atoms with Gasteiger partial charge in [0.25, 0.3) is 5.91 Å². The Labute approximate surface area is 135 Å². The van der Waals surface area contributed by atoms with Crippen molar-refractivity contribution >= 4 is 22.5 Å². The number of fused-ring (bicyclic) bond motifs is 1. The number of aryl methyl sites for hydroxylation is 1. The van der Waals surface area contributed by atoms with Crippen LogP contribution >= 0.6 is 0 Å². The highest BCUT2D eigenvalue weighted by Crippen LogP contribution is 2.30. The van der Waals surface area contributed by atoms with E-state index in [0.29, 0.717) is 12.2 Å². The molecule has 0 atom stereocenters. The van der Waals surface area contributed by atoms with Gasteiger partial charge in [-0.15, -0.1) is 0 Å². The second kappa shape index (κ2) is 6.48. The van der Waals surface area contributed by atoms with E-state index in [1.165, 1.54) is 0 Å². The average Bonchev–Trinajstić information content (AvgIpc) is 2.57. The van der Waals surface area contributed by atoms with E-state index in [-0.39, 0.29) is 5.91 Å². The lowest BCUT2D eigenvalue weighted by molar-refractivity contribution is 0.102. The predicted molar refractivity (Wildman–Crippen MR) is 92.0 cm³/mol. The van der Waals surface area contributed by atoms with Crippen LogP contribution in [0.1, 0.15) is 22.8 Å². The van der Waals surface area contributed by atoms with Crippen molar-refractivity contribution in [2.45, 2.75) is 13.8 Å². The van der Waals surface area contributed by atoms with Crippen LogP contribution in [0.25, 0.3) is 10.9 Å². The SMILES string of the molecule is CCOc1ccc(NC(=O)c2ccccc2C)c2cccnc12. The number of nitrogens with zero attached hydrogens (tertiary/aromatic N) is 1. The Kier molecular flexibility index (Phi) is 4.24. The lowest BCUT2D eigenvalue weighted by Crippen LogP contribution is -2.13. The predicted octanol–water partition coefficient (Wildman–Crippen LogP) is 4.19. The van der Waals surface area contributed by atoms with Crippen LogP contribution in [0.2, 0.25) is 0 Å². The molecule has 4 nitrogen and oxygen atoms in total. The molecule has 0 radical (unpaired) electrons. The fourth-order valence-electron chi connectivity index (χ4n) is 2.55. The van der Waals surface area contributed by atoms with Gasteiger partial charge in [0.1, 0.15) is 11.3 Å². The molecular formula is C19H18N2O2. The van der Waals surface area contributed by atoms with Crippen molar-refractivity contribution in [2.75, 3.05) is 11.9 Å². The minimum Gasteiger partial charge on any atom is -0.492 e. The third-order valence-electron chi connectivity index (χ3n) is 3.67. The zero-order chi connectivity index (χ0) is 16.2. The number of benzene rings is 2. The number of hydrogen-bond donors (Lipinski definition) is 1. The molecule has 0 unspecified atom stereocenters. The molecule has 1 amide bonds. The van der Waals surface area contributed by atoms with Crippen LogP contribution in [-0.4, -0.2) is 17.5 Å². The zero-order valence-electron chi connectivity index (χ0n) is 13.2. The molecule has 0 spiro atoms. The lowest BCUT2D eigenvalue weighted by Gasteiger charge is -2.12. The zero-order valence-corrected chi connectivity index (χ0v) is 13.2. The van der Waals surface area contributed by atoms with Crippen molar-refractivity contribution in [3.8, 4) is 5.75 Å². The van der Waals surface area contributed by atoms with Crippen LogP contribution in [0.4, 0.5) is 5.69 Å². The molecule has 0 fully saturated rings. The molecule has 1 heterocycles. The van der Waals surface area contributed by atoms with Gasteiger partial charge in [-0.05, 0) is 49.7 Å². The molecule has 3 rings (SSSR count). The Morgan fingerprint density at radius 3 is 2.74 bits per heavy atom. The number of carbonyl (C=O) groups is 1. The number of amides is 1. The van der Waals surface area contributed by atoms with Gasteiger partial charge in [-0.3, -0.25) is 9.78 Å². The fraction of sp³-hybridized carbons (Fsp3) is 0.158. The molecule has 3 aromatic rings. The number of aromatic nitrogens is 1. The maximum atomic E-state index is 12.5. The average molecular weight is 306 g/mol. The molecule has 1 aromatic heterocycles. The van der Waals surface area contributed by atoms with Gasteiger partial charge in [-0.25, -0.2) is 0 Å². The van der Waals surface area contributed by atoms with Crippen molar-refractivity contribution in [1.29, 1.82) is 0 Å². The van der Waals surface area contributed by atoms with Crippen LogP contribution in [0, 0.1) is 6.92 Å². The van der Waals surface area contributed by atoms with Gasteiger partial charge in [-0.2, -0.15) is 0 Å². The van der Waals surface area contributed by atoms with Crippen molar-refractivity contribution < 1.29 is 9.53 Å². The van der Waals surface area contributed by atoms with Crippen LogP contribution < -0.4 is 10.1 Å². The van der Waals surface area contributed by atoms with E-state index >= 15 is 0 Å². The highest BCUT2D eigenvalue weighted by molar-refractivity contribution is 6.10. The molecule has 0 aliphatic heterocycles. The summed E-state index contributed by atoms with van der Waals surface area (Å²) in [4.78, 5) is 16.9. The van der Waals surface area contributed by atoms with Crippen molar-refractivity contribution in [1.82, 2.24) is 4.98 Å². The normalized spacial score (nSPS) is 10.5. The van der Waals surface area contributed by atoms with Gasteiger partial charge in [0, 0.05) is 17.1 Å². The van der Waals surface area contributed by atoms with Gasteiger partial charge in [0.2, 0.25) is 0 Å². The number of rotatable bonds is 4. The Bertz CT molecular complexity index is 859. The molecule has 0 saturated heterocycles. The number of pyridine rings is 1. The van der Waals surface area contributed by atoms with Gasteiger partial charge in [0.05, 0.1) is 12.3 Å². The van der Waals surface area contributed by atoms with E-state index in [1.54, 1.807) is 6.20 Å². The molecule has 116 valence electrons. The minimum absolute atomic E-state index is 0.127. The fourth-order valence-corrected chi connectivity index (χ4v) is 2.55. The first kappa shape index (κ1) is 15.0. The number of anilines is 1. The molecule has 0 aliphatic rings. The summed E-state index contributed by atoms with van der Waals surface area (Å²) in [5.74, 6) is 0.592. The summed E-state index contributed by atoms with van der Waals surface area (Å²) in [7, 11) is 0. The van der Waals surface area contributed by atoms with Crippen LogP contribution in [0.3, 0.4) is 0 Å². The quantitative estimate of drug-likeness (QED) is 0.786. The Morgan fingerprint density at radius 2 is 1.96 bits per heavy atom. The molecule has 2 aromatic carbocycles. The van der Waals surface area contributed by atoms with E-state index in [9.17, 15) is 4.79 Å². The number of hydrogen-bond acceptors (Lipinski definition) is 3. The highest BCUT2D eigenvalue weighted by atomic mass is 16.5. The molecule has 4 heteroatoms. The van der Waals surface area contributed by atoms with E-state index in [4.69, 9.17) is 4.74 Å². The third kappa shape index (κ3) is 3.01. The first-order chi connectivity index (χ1) is 11.2. The lowest BCUT2D eigenvalue weighted by atomic mass is 10.1. The summed E-state index contributed by atoms with van der Waals surface area (Å²) in [6.07, 6.45) is 1.72. The Morgan fingerprint density at radius 1 is 1.13 bits per heavy atom. The summed E-state index contributed by atoms with van der Waals surface area (Å²) in [6.45, 7) is 4.43. The molecule has 0 bridgehead atoms. The van der Waals surface area contributed by atoms with Gasteiger partial charge in [0.15, 0.2) is 0 Å². The smallest absolute Gasteiger partial charge is 0.255 e. The van der Waals surface area contributed by atoms with Gasteiger partial charge < -0.3 is 10.1 Å². The second-order valence-corrected chi connectivity index (χ2v) is 5.21. The standard InChI is InChI=1S/C19H18N2O2/c1-3-23-17-11-10-16(15-9-6-12-20-18(15)17)21-19(22)14-8-5-4-7-13(14)2/h4-12H,3H2,1-2H3,(H,21,22). The number of ether oxygens (including phenoxy) is 1. The first-order valence-corrected chi connectivity index (χ1v) is 7.58. The molecule has 23 heavy (non-hydrogen) atoms. The molecule has 0 saturated carbocycles. The summed E-state index contributed by atoms with van der Waals surface area (Å²) in [5.41, 5.74) is 3.08. The maximum Gasteiger partial charge on any atom is 0.255 e. The highest BCUT2D eigenvalue weighted by Gasteiger charge is 2.12. The maximum absolute atomic E-state index is 12.5. The van der Waals surface area contributed by atoms with Crippen LogP contribution in [0.15, 0.2) is 54.7 Å². The minimum atomic E-state index is -0.127. The van der Waals surface area contributed by atoms with Crippen molar-refractivity contribution in [2.24, 2.45) is 0 Å². The van der Waals surface area contributed by atoms with E-state index in [1.807, 2.05) is 62.4 Å². The monoisotopic (exact) mass is 306 g/mol. The van der Waals surface area contributed by atoms with Crippen molar-refractivity contribution in [3.05, 3.63) is 65.9 Å². The Hall–Kier alpha value is -2.88. The summed E-state index contributed by atoms with van der Waals surface area (Å²) < 4.78 is 5.61. The number of nitrogens with one attached hydrogen (secondary N) is 1. The second-order valence-electron chi connectivity index (χ2n) is 5.21. The summed E-state index contributed by atoms with van der Waals surface area (Å²) in [5, 5.41) is 3.84. The molecule has 1 N–H and O–H groups in total. The number of carbonyl (C=O) groups excluding carboxylic acids is 1. The van der Waals surface area contributed by atoms with Gasteiger partial charge >= 0.3 is 0 Å². The van der Waals surface area contributed by atoms with E-state index in [0.717, 1.165) is 27.9 Å². The van der Waals surface area contributed by atoms with Crippen LogP contribution in [0.5, 0.6) is 5.75 Å². The third-order valence-corrected chi connectivity index (χ3v) is 3.67. The molecular weight excluding hydrogens is 288 g/mol. The topological polar surface area (TPSA) is 51.2 Å². The van der Waals surface area contributed by atoms with Crippen LogP contribution in [-0.2, 0) is 0 Å². The van der Waals surface area contributed by atoms with E-state index < -0.39 is 0 Å². The van der Waals surface area contributed by atoms with Gasteiger partial charge in [-0.1, -0.05) is 18.2 Å². The first-order valence-electron chi connectivity index (χ1n) is 7.58. The summed E-state index contributed by atoms with van der Waals surface area (Å²) >= 11 is 0. The Balaban J connectivity index is 1.99. The van der Waals surface area contributed by atoms with E-state index in [2.05, 4.69) is 10.3 Å². The summed E-state index contributed by atoms with van der Waals surface area (Å²) in [6, 6.07) is 15.0. The largest absolute Gasteiger partial charge is 0.492 e. The van der Waals surface area contributed by atoms with Crippen molar-refractivity contribution in [3.63, 3.8) is 0 Å². The molecule has 0 aliphatic carbocycles.